The van der Waals surface area contributed by atoms with E-state index in [9.17, 15) is 35.5 Å². The average molecular weight is 388 g/mol. The van der Waals surface area contributed by atoms with Crippen molar-refractivity contribution in [2.75, 3.05) is 12.9 Å². The van der Waals surface area contributed by atoms with Crippen LogP contribution in [0.3, 0.4) is 0 Å². The minimum atomic E-state index is -4.29. The molecule has 2 fully saturated rings. The normalized spacial score (nSPS) is 34.5. The molecule has 0 aromatic heterocycles. The predicted molar refractivity (Wildman–Crippen MR) is 79.6 cm³/mol. The third-order valence-electron chi connectivity index (χ3n) is 4.30. The first kappa shape index (κ1) is 19.9. The van der Waals surface area contributed by atoms with Crippen molar-refractivity contribution in [1.82, 2.24) is 0 Å². The summed E-state index contributed by atoms with van der Waals surface area (Å²) in [5.41, 5.74) is -1.73. The molecule has 1 N–H and O–H groups in total. The van der Waals surface area contributed by atoms with Crippen LogP contribution in [0.4, 0.5) is 22.0 Å². The van der Waals surface area contributed by atoms with Crippen molar-refractivity contribution < 1.29 is 40.2 Å². The number of aliphatic hydroxyl groups excluding tert-OH is 1. The van der Waals surface area contributed by atoms with Gasteiger partial charge in [-0.3, -0.25) is 0 Å². The topological polar surface area (TPSA) is 63.6 Å². The van der Waals surface area contributed by atoms with Crippen molar-refractivity contribution in [2.24, 2.45) is 5.92 Å². The van der Waals surface area contributed by atoms with Gasteiger partial charge in [0.15, 0.2) is 16.0 Å². The van der Waals surface area contributed by atoms with Crippen molar-refractivity contribution in [3.8, 4) is 0 Å². The van der Waals surface area contributed by atoms with E-state index in [0.29, 0.717) is 6.26 Å². The Balaban J connectivity index is 2.54. The Hall–Kier alpha value is -1.42. The fourth-order valence-electron chi connectivity index (χ4n) is 2.53. The molecule has 2 rings (SSSR count). The molecule has 0 aliphatic heterocycles. The van der Waals surface area contributed by atoms with E-state index in [-0.39, 0.29) is 0 Å². The maximum atomic E-state index is 14.3. The lowest BCUT2D eigenvalue weighted by atomic mass is 10.1. The Bertz CT molecular complexity index is 754. The number of ether oxygens (including phenoxy) is 1. The third-order valence-corrected chi connectivity index (χ3v) is 5.63. The summed E-state index contributed by atoms with van der Waals surface area (Å²) >= 11 is 0. The highest BCUT2D eigenvalue weighted by atomic mass is 32.2. The highest BCUT2D eigenvalue weighted by Gasteiger charge is 2.61. The summed E-state index contributed by atoms with van der Waals surface area (Å²) in [6.07, 6.45) is -4.69. The van der Waals surface area contributed by atoms with Crippen molar-refractivity contribution in [3.05, 3.63) is 34.5 Å². The number of hydrogen-bond acceptors (Lipinski definition) is 4. The number of halogens is 5. The van der Waals surface area contributed by atoms with Gasteiger partial charge in [0.2, 0.25) is 0 Å². The summed E-state index contributed by atoms with van der Waals surface area (Å²) in [6, 6.07) is 0. The Morgan fingerprint density at radius 2 is 1.88 bits per heavy atom. The first-order valence-electron chi connectivity index (χ1n) is 7.23. The number of sulfone groups is 1. The summed E-state index contributed by atoms with van der Waals surface area (Å²) in [4.78, 5) is -0.658. The van der Waals surface area contributed by atoms with Gasteiger partial charge in [-0.25, -0.2) is 21.6 Å². The van der Waals surface area contributed by atoms with Crippen LogP contribution in [-0.2, 0) is 14.6 Å². The van der Waals surface area contributed by atoms with Crippen LogP contribution in [0.15, 0.2) is 34.5 Å². The van der Waals surface area contributed by atoms with E-state index in [2.05, 4.69) is 6.58 Å². The van der Waals surface area contributed by atoms with Gasteiger partial charge >= 0.3 is 5.92 Å². The Labute approximate surface area is 141 Å². The number of allylic oxidation sites excluding steroid dienone is 2. The van der Waals surface area contributed by atoms with E-state index >= 15 is 0 Å². The molecule has 0 heterocycles. The fourth-order valence-corrected chi connectivity index (χ4v) is 3.16. The molecule has 3 atom stereocenters. The molecule has 4 nitrogen and oxygen atoms in total. The van der Waals surface area contributed by atoms with Crippen LogP contribution in [0.1, 0.15) is 13.3 Å². The molecule has 0 saturated heterocycles. The lowest BCUT2D eigenvalue weighted by Crippen LogP contribution is -2.35. The third kappa shape index (κ3) is 3.46. The average Bonchev–Trinajstić information content (AvgIpc) is 3.05. The maximum absolute atomic E-state index is 14.3. The zero-order valence-corrected chi connectivity index (χ0v) is 14.2. The van der Waals surface area contributed by atoms with Crippen LogP contribution in [0.5, 0.6) is 0 Å². The van der Waals surface area contributed by atoms with Crippen molar-refractivity contribution in [1.29, 1.82) is 0 Å². The number of alkyl halides is 5. The fraction of sp³-hybridized carbons (Fsp3) is 0.600. The van der Waals surface area contributed by atoms with E-state index in [1.165, 1.54) is 0 Å². The minimum absolute atomic E-state index is 0.449. The lowest BCUT2D eigenvalue weighted by molar-refractivity contribution is -0.111. The molecule has 0 unspecified atom stereocenters. The Morgan fingerprint density at radius 1 is 1.36 bits per heavy atom. The first-order valence-corrected chi connectivity index (χ1v) is 9.12. The predicted octanol–water partition coefficient (Wildman–Crippen LogP) is 2.76. The molecule has 0 amide bonds. The van der Waals surface area contributed by atoms with Crippen LogP contribution in [0.2, 0.25) is 0 Å². The minimum Gasteiger partial charge on any atom is -0.493 e. The van der Waals surface area contributed by atoms with Crippen LogP contribution in [0.25, 0.3) is 0 Å². The molecule has 2 saturated carbocycles. The summed E-state index contributed by atoms with van der Waals surface area (Å²) in [6.45, 7) is 3.64. The summed E-state index contributed by atoms with van der Waals surface area (Å²) in [5.74, 6) is -8.97. The smallest absolute Gasteiger partial charge is 0.312 e. The number of aliphatic hydroxyl groups is 1. The van der Waals surface area contributed by atoms with Crippen molar-refractivity contribution in [3.63, 3.8) is 0 Å². The molecule has 142 valence electrons. The van der Waals surface area contributed by atoms with Gasteiger partial charge in [-0.05, 0) is 13.0 Å². The monoisotopic (exact) mass is 388 g/mol. The van der Waals surface area contributed by atoms with E-state index in [4.69, 9.17) is 4.74 Å². The highest BCUT2D eigenvalue weighted by Crippen LogP contribution is 2.50. The molecule has 0 bridgehead atoms. The van der Waals surface area contributed by atoms with Gasteiger partial charge < -0.3 is 9.84 Å². The van der Waals surface area contributed by atoms with E-state index < -0.39 is 74.7 Å². The highest BCUT2D eigenvalue weighted by molar-refractivity contribution is 7.94. The Kier molecular flexibility index (Phi) is 4.84. The van der Waals surface area contributed by atoms with E-state index in [1.807, 2.05) is 0 Å². The molecule has 25 heavy (non-hydrogen) atoms. The lowest BCUT2D eigenvalue weighted by Gasteiger charge is -2.15. The van der Waals surface area contributed by atoms with Gasteiger partial charge in [0.25, 0.3) is 5.92 Å². The second-order valence-electron chi connectivity index (χ2n) is 6.14. The van der Waals surface area contributed by atoms with E-state index in [0.717, 1.165) is 13.0 Å². The molecule has 0 radical (unpaired) electrons. The molecule has 0 spiro atoms. The molecule has 10 heteroatoms. The summed E-state index contributed by atoms with van der Waals surface area (Å²) in [7, 11) is -4.03. The SMILES string of the molecule is C=C/C(OC[C@@H]1CC1(F)F)=C1\C(=C(/C)S(C)(=O)=O)[C@H](O)C(F)(F)[C@@H]1F. The van der Waals surface area contributed by atoms with Gasteiger partial charge in [-0.15, -0.1) is 0 Å². The second-order valence-corrected chi connectivity index (χ2v) is 8.29. The standard InChI is InChI=1S/C15H17F5O4S/c1-4-9(24-6-8-5-14(8,17)18)11-10(7(2)25(3,22)23)13(21)15(19,20)12(11)16/h4,8,12-13,21H,1,5-6H2,2-3H3/b10-7-,11-9-/t8-,12+,13-/m0/s1. The molecule has 2 aliphatic rings. The van der Waals surface area contributed by atoms with Gasteiger partial charge in [0.05, 0.1) is 12.5 Å². The molecule has 0 aromatic carbocycles. The first-order chi connectivity index (χ1) is 11.2. The number of rotatable bonds is 5. The Morgan fingerprint density at radius 3 is 2.28 bits per heavy atom. The quantitative estimate of drug-likeness (QED) is 0.581. The molecular formula is C15H17F5O4S. The number of hydrogen-bond donors (Lipinski definition) is 1. The van der Waals surface area contributed by atoms with Gasteiger partial charge in [0, 0.05) is 28.7 Å². The molecule has 0 aromatic rings. The van der Waals surface area contributed by atoms with Gasteiger partial charge in [-0.1, -0.05) is 6.58 Å². The second kappa shape index (κ2) is 6.08. The summed E-state index contributed by atoms with van der Waals surface area (Å²) in [5, 5.41) is 9.75. The van der Waals surface area contributed by atoms with Crippen molar-refractivity contribution >= 4 is 9.84 Å². The molecule has 2 aliphatic carbocycles. The van der Waals surface area contributed by atoms with Gasteiger partial charge in [-0.2, -0.15) is 8.78 Å². The van der Waals surface area contributed by atoms with Crippen LogP contribution < -0.4 is 0 Å². The maximum Gasteiger partial charge on any atom is 0.312 e. The summed E-state index contributed by atoms with van der Waals surface area (Å²) < 4.78 is 96.3. The van der Waals surface area contributed by atoms with Crippen LogP contribution in [0, 0.1) is 5.92 Å². The zero-order valence-electron chi connectivity index (χ0n) is 13.4. The largest absolute Gasteiger partial charge is 0.493 e. The van der Waals surface area contributed by atoms with Crippen molar-refractivity contribution in [2.45, 2.75) is 37.5 Å². The zero-order chi connectivity index (χ0) is 19.4. The molecular weight excluding hydrogens is 371 g/mol. The van der Waals surface area contributed by atoms with Crippen LogP contribution in [-0.4, -0.2) is 50.5 Å². The van der Waals surface area contributed by atoms with E-state index in [1.54, 1.807) is 0 Å². The van der Waals surface area contributed by atoms with Crippen LogP contribution >= 0.6 is 0 Å². The van der Waals surface area contributed by atoms with Gasteiger partial charge in [0.1, 0.15) is 11.9 Å².